The average molecular weight is 301 g/mol. The van der Waals surface area contributed by atoms with Crippen molar-refractivity contribution in [2.75, 3.05) is 39.8 Å². The van der Waals surface area contributed by atoms with E-state index in [0.29, 0.717) is 0 Å². The van der Waals surface area contributed by atoms with Crippen molar-refractivity contribution in [2.24, 2.45) is 0 Å². The van der Waals surface area contributed by atoms with Crippen LogP contribution < -0.4 is 0 Å². The molecule has 0 radical (unpaired) electrons. The first-order valence-electron chi connectivity index (χ1n) is 8.18. The Morgan fingerprint density at radius 2 is 1.82 bits per heavy atom. The zero-order chi connectivity index (χ0) is 15.7. The van der Waals surface area contributed by atoms with Gasteiger partial charge in [-0.2, -0.15) is 0 Å². The van der Waals surface area contributed by atoms with Crippen LogP contribution in [0.3, 0.4) is 0 Å². The molecule has 1 saturated heterocycles. The molecule has 0 spiro atoms. The van der Waals surface area contributed by atoms with Gasteiger partial charge >= 0.3 is 0 Å². The predicted molar refractivity (Wildman–Crippen MR) is 90.2 cm³/mol. The molecule has 1 aliphatic heterocycles. The fraction of sp³-hybridized carbons (Fsp3) is 0.647. The second kappa shape index (κ2) is 5.97. The molecule has 5 heteroatoms. The largest absolute Gasteiger partial charge is 0.311 e. The molecule has 22 heavy (non-hydrogen) atoms. The first-order chi connectivity index (χ1) is 10.4. The number of hydrogen-bond acceptors (Lipinski definition) is 4. The molecule has 0 saturated carbocycles. The summed E-state index contributed by atoms with van der Waals surface area (Å²) in [4.78, 5) is 14.3. The minimum Gasteiger partial charge on any atom is -0.311 e. The fourth-order valence-electron chi connectivity index (χ4n) is 3.06. The molecule has 0 atom stereocenters. The van der Waals surface area contributed by atoms with Crippen LogP contribution in [0.15, 0.2) is 18.3 Å². The van der Waals surface area contributed by atoms with Gasteiger partial charge in [-0.25, -0.2) is 9.97 Å². The van der Waals surface area contributed by atoms with E-state index in [-0.39, 0.29) is 5.41 Å². The van der Waals surface area contributed by atoms with Gasteiger partial charge in [0.2, 0.25) is 0 Å². The topological polar surface area (TPSA) is 37.2 Å². The molecule has 0 aromatic carbocycles. The van der Waals surface area contributed by atoms with E-state index in [2.05, 4.69) is 53.2 Å². The fourth-order valence-corrected chi connectivity index (χ4v) is 3.06. The van der Waals surface area contributed by atoms with E-state index in [4.69, 9.17) is 4.98 Å². The van der Waals surface area contributed by atoms with Gasteiger partial charge in [0.1, 0.15) is 11.3 Å². The summed E-state index contributed by atoms with van der Waals surface area (Å²) in [5, 5.41) is 0. The van der Waals surface area contributed by atoms with E-state index >= 15 is 0 Å². The van der Waals surface area contributed by atoms with Crippen LogP contribution in [-0.4, -0.2) is 64.1 Å². The third-order valence-corrected chi connectivity index (χ3v) is 4.41. The van der Waals surface area contributed by atoms with Crippen molar-refractivity contribution in [1.82, 2.24) is 24.3 Å². The number of nitrogens with zero attached hydrogens (tertiary/aromatic N) is 5. The van der Waals surface area contributed by atoms with Crippen LogP contribution in [-0.2, 0) is 12.0 Å². The van der Waals surface area contributed by atoms with Crippen molar-refractivity contribution >= 4 is 11.2 Å². The molecule has 0 bridgehead atoms. The van der Waals surface area contributed by atoms with E-state index in [1.165, 1.54) is 0 Å². The number of imidazole rings is 1. The summed E-state index contributed by atoms with van der Waals surface area (Å²) in [6.07, 6.45) is 1.86. The summed E-state index contributed by atoms with van der Waals surface area (Å²) in [6.45, 7) is 13.3. The smallest absolute Gasteiger partial charge is 0.160 e. The second-order valence-corrected chi connectivity index (χ2v) is 7.33. The molecule has 2 aromatic heterocycles. The van der Waals surface area contributed by atoms with E-state index in [0.717, 1.165) is 56.3 Å². The van der Waals surface area contributed by atoms with Crippen LogP contribution >= 0.6 is 0 Å². The maximum absolute atomic E-state index is 4.83. The van der Waals surface area contributed by atoms with Crippen molar-refractivity contribution in [1.29, 1.82) is 0 Å². The minimum atomic E-state index is 0.0306. The normalized spacial score (nSPS) is 18.2. The molecule has 3 rings (SSSR count). The number of rotatable bonds is 3. The summed E-state index contributed by atoms with van der Waals surface area (Å²) in [5.74, 6) is 1.13. The summed E-state index contributed by atoms with van der Waals surface area (Å²) in [6, 6.07) is 4.02. The molecule has 120 valence electrons. The Balaban J connectivity index is 1.82. The van der Waals surface area contributed by atoms with Crippen LogP contribution in [0.2, 0.25) is 0 Å². The van der Waals surface area contributed by atoms with Crippen LogP contribution in [0.4, 0.5) is 0 Å². The summed E-state index contributed by atoms with van der Waals surface area (Å²) >= 11 is 0. The molecule has 2 aromatic rings. The molecule has 3 heterocycles. The maximum atomic E-state index is 4.83. The van der Waals surface area contributed by atoms with Gasteiger partial charge in [-0.1, -0.05) is 20.8 Å². The number of pyridine rings is 1. The number of aromatic nitrogens is 3. The van der Waals surface area contributed by atoms with E-state index in [9.17, 15) is 0 Å². The van der Waals surface area contributed by atoms with Gasteiger partial charge in [0.25, 0.3) is 0 Å². The highest BCUT2D eigenvalue weighted by Gasteiger charge is 2.24. The lowest BCUT2D eigenvalue weighted by Gasteiger charge is -2.32. The molecular formula is C17H27N5. The quantitative estimate of drug-likeness (QED) is 0.869. The third-order valence-electron chi connectivity index (χ3n) is 4.41. The predicted octanol–water partition coefficient (Wildman–Crippen LogP) is 1.98. The lowest BCUT2D eigenvalue weighted by Crippen LogP contribution is -2.45. The van der Waals surface area contributed by atoms with Gasteiger partial charge in [0.05, 0.1) is 0 Å². The highest BCUT2D eigenvalue weighted by molar-refractivity contribution is 5.71. The van der Waals surface area contributed by atoms with E-state index < -0.39 is 0 Å². The molecule has 0 unspecified atom stereocenters. The van der Waals surface area contributed by atoms with Gasteiger partial charge in [-0.15, -0.1) is 0 Å². The minimum absolute atomic E-state index is 0.0306. The Morgan fingerprint density at radius 3 is 2.50 bits per heavy atom. The second-order valence-electron chi connectivity index (χ2n) is 7.33. The first-order valence-corrected chi connectivity index (χ1v) is 8.18. The Kier molecular flexibility index (Phi) is 4.19. The third kappa shape index (κ3) is 3.15. The molecule has 0 aliphatic carbocycles. The molecule has 0 N–H and O–H groups in total. The Bertz CT molecular complexity index is 632. The zero-order valence-electron chi connectivity index (χ0n) is 14.2. The van der Waals surface area contributed by atoms with Gasteiger partial charge < -0.3 is 9.47 Å². The molecular weight excluding hydrogens is 274 g/mol. The number of piperazine rings is 1. The van der Waals surface area contributed by atoms with Crippen molar-refractivity contribution in [3.8, 4) is 0 Å². The summed E-state index contributed by atoms with van der Waals surface area (Å²) < 4.78 is 2.31. The van der Waals surface area contributed by atoms with Crippen LogP contribution in [0, 0.1) is 0 Å². The molecule has 5 nitrogen and oxygen atoms in total. The van der Waals surface area contributed by atoms with Gasteiger partial charge in [0, 0.05) is 50.9 Å². The molecule has 1 fully saturated rings. The van der Waals surface area contributed by atoms with E-state index in [1.54, 1.807) is 0 Å². The van der Waals surface area contributed by atoms with Gasteiger partial charge in [0.15, 0.2) is 5.65 Å². The van der Waals surface area contributed by atoms with E-state index in [1.807, 2.05) is 12.3 Å². The highest BCUT2D eigenvalue weighted by Crippen LogP contribution is 2.25. The molecule has 0 amide bonds. The van der Waals surface area contributed by atoms with Crippen LogP contribution in [0.25, 0.3) is 11.2 Å². The van der Waals surface area contributed by atoms with Crippen LogP contribution in [0.5, 0.6) is 0 Å². The first kappa shape index (κ1) is 15.4. The Labute approximate surface area is 132 Å². The zero-order valence-corrected chi connectivity index (χ0v) is 14.2. The van der Waals surface area contributed by atoms with Gasteiger partial charge in [-0.05, 0) is 19.2 Å². The van der Waals surface area contributed by atoms with Crippen molar-refractivity contribution in [3.05, 3.63) is 24.2 Å². The number of hydrogen-bond donors (Lipinski definition) is 0. The summed E-state index contributed by atoms with van der Waals surface area (Å²) in [5.41, 5.74) is 2.05. The lowest BCUT2D eigenvalue weighted by molar-refractivity contribution is 0.150. The summed E-state index contributed by atoms with van der Waals surface area (Å²) in [7, 11) is 2.20. The van der Waals surface area contributed by atoms with Crippen molar-refractivity contribution in [2.45, 2.75) is 32.7 Å². The van der Waals surface area contributed by atoms with Crippen molar-refractivity contribution in [3.63, 3.8) is 0 Å². The molecule has 1 aliphatic rings. The Morgan fingerprint density at radius 1 is 1.09 bits per heavy atom. The van der Waals surface area contributed by atoms with Gasteiger partial charge in [-0.3, -0.25) is 4.90 Å². The standard InChI is InChI=1S/C17H27N5/c1-17(2,3)16-19-14-6-5-7-18-15(14)22(16)13-12-21-10-8-20(4)9-11-21/h5-7H,8-13H2,1-4H3. The monoisotopic (exact) mass is 301 g/mol. The van der Waals surface area contributed by atoms with Crippen molar-refractivity contribution < 1.29 is 0 Å². The SMILES string of the molecule is CN1CCN(CCn2c(C(C)(C)C)nc3cccnc32)CC1. The lowest BCUT2D eigenvalue weighted by atomic mass is 9.95. The number of fused-ring (bicyclic) bond motifs is 1. The maximum Gasteiger partial charge on any atom is 0.160 e. The average Bonchev–Trinajstić information content (AvgIpc) is 2.86. The van der Waals surface area contributed by atoms with Crippen LogP contribution in [0.1, 0.15) is 26.6 Å². The Hall–Kier alpha value is -1.46. The highest BCUT2D eigenvalue weighted by atomic mass is 15.3. The number of likely N-dealkylation sites (N-methyl/N-ethyl adjacent to an activating group) is 1.